The van der Waals surface area contributed by atoms with E-state index in [1.807, 2.05) is 0 Å². The molecular weight excluding hydrogens is 507 g/mol. The Kier molecular flexibility index (Phi) is 12.3. The molecule has 0 heterocycles. The number of carbonyl (C=O) groups excluding carboxylic acids is 1. The van der Waals surface area contributed by atoms with Crippen LogP contribution in [-0.2, 0) is 4.79 Å². The first-order valence-corrected chi connectivity index (χ1v) is 16.4. The summed E-state index contributed by atoms with van der Waals surface area (Å²) in [7, 11) is 0. The zero-order valence-electron chi connectivity index (χ0n) is 22.5. The fourth-order valence-electron chi connectivity index (χ4n) is 7.10. The fraction of sp³-hybridized carbons (Fsp3) is 0.793. The van der Waals surface area contributed by atoms with Gasteiger partial charge in [-0.15, -0.1) is 11.8 Å². The predicted octanol–water partition coefficient (Wildman–Crippen LogP) is 6.66. The van der Waals surface area contributed by atoms with Crippen molar-refractivity contribution in [3.05, 3.63) is 23.3 Å². The highest BCUT2D eigenvalue weighted by Gasteiger charge is 2.50. The first kappa shape index (κ1) is 30.2. The molecule has 1 amide bonds. The Morgan fingerprint density at radius 2 is 1.94 bits per heavy atom. The molecule has 3 fully saturated rings. The number of aliphatic hydroxyl groups is 2. The monoisotopic (exact) mass is 553 g/mol. The Balaban J connectivity index is 1.44. The lowest BCUT2D eigenvalue weighted by atomic mass is 9.60. The third-order valence-electron chi connectivity index (χ3n) is 8.79. The maximum atomic E-state index is 12.0. The molecule has 3 aliphatic carbocycles. The smallest absolute Gasteiger partial charge is 0.230 e. The second kappa shape index (κ2) is 14.7. The van der Waals surface area contributed by atoms with Gasteiger partial charge >= 0.3 is 0 Å². The summed E-state index contributed by atoms with van der Waals surface area (Å²) in [5.41, 5.74) is 3.17. The van der Waals surface area contributed by atoms with Gasteiger partial charge in [0.05, 0.1) is 18.0 Å². The first-order chi connectivity index (χ1) is 17.2. The molecule has 3 saturated carbocycles. The molecule has 7 heteroatoms. The van der Waals surface area contributed by atoms with Crippen molar-refractivity contribution in [1.29, 1.82) is 0 Å². The molecule has 3 aliphatic rings. The van der Waals surface area contributed by atoms with E-state index in [4.69, 9.17) is 12.2 Å². The minimum absolute atomic E-state index is 0.0898. The summed E-state index contributed by atoms with van der Waals surface area (Å²) >= 11 is 8.33. The van der Waals surface area contributed by atoms with Crippen LogP contribution in [0.15, 0.2) is 23.3 Å². The maximum absolute atomic E-state index is 12.0. The van der Waals surface area contributed by atoms with Crippen LogP contribution in [0.3, 0.4) is 0 Å². The third kappa shape index (κ3) is 8.59. The van der Waals surface area contributed by atoms with E-state index < -0.39 is 12.2 Å². The van der Waals surface area contributed by atoms with E-state index in [9.17, 15) is 15.0 Å². The van der Waals surface area contributed by atoms with Crippen molar-refractivity contribution in [2.24, 2.45) is 23.2 Å². The highest BCUT2D eigenvalue weighted by atomic mass is 32.2. The molecule has 6 atom stereocenters. The molecule has 3 N–H and O–H groups in total. The van der Waals surface area contributed by atoms with Gasteiger partial charge in [0.2, 0.25) is 5.91 Å². The summed E-state index contributed by atoms with van der Waals surface area (Å²) in [5.74, 6) is 3.61. The van der Waals surface area contributed by atoms with Gasteiger partial charge < -0.3 is 15.5 Å². The zero-order valence-corrected chi connectivity index (χ0v) is 24.9. The van der Waals surface area contributed by atoms with Gasteiger partial charge in [0, 0.05) is 6.54 Å². The van der Waals surface area contributed by atoms with Crippen molar-refractivity contribution in [3.8, 4) is 0 Å². The Morgan fingerprint density at radius 1 is 1.19 bits per heavy atom. The number of aliphatic hydroxyl groups excluding tert-OH is 2. The van der Waals surface area contributed by atoms with E-state index in [1.165, 1.54) is 55.9 Å². The lowest BCUT2D eigenvalue weighted by molar-refractivity contribution is -0.118. The van der Waals surface area contributed by atoms with Gasteiger partial charge in [-0.2, -0.15) is 0 Å². The number of nitrogens with one attached hydrogen (secondary N) is 1. The topological polar surface area (TPSA) is 69.6 Å². The molecule has 0 aromatic carbocycles. The van der Waals surface area contributed by atoms with Crippen molar-refractivity contribution in [1.82, 2.24) is 5.32 Å². The van der Waals surface area contributed by atoms with Crippen LogP contribution < -0.4 is 5.32 Å². The van der Waals surface area contributed by atoms with Crippen molar-refractivity contribution < 1.29 is 15.0 Å². The fourth-order valence-corrected chi connectivity index (χ4v) is 9.08. The maximum Gasteiger partial charge on any atom is 0.230 e. The number of hydrogen-bond acceptors (Lipinski definition) is 6. The quantitative estimate of drug-likeness (QED) is 0.208. The second-order valence-corrected chi connectivity index (χ2v) is 14.9. The molecule has 0 aromatic heterocycles. The molecule has 36 heavy (non-hydrogen) atoms. The van der Waals surface area contributed by atoms with E-state index in [-0.39, 0.29) is 5.91 Å². The van der Waals surface area contributed by atoms with E-state index in [2.05, 4.69) is 38.2 Å². The highest BCUT2D eigenvalue weighted by molar-refractivity contribution is 8.47. The minimum Gasteiger partial charge on any atom is -0.393 e. The first-order valence-electron chi connectivity index (χ1n) is 14.0. The number of carbonyl (C=O) groups is 1. The van der Waals surface area contributed by atoms with Crippen LogP contribution >= 0.6 is 35.7 Å². The van der Waals surface area contributed by atoms with Crippen molar-refractivity contribution in [3.63, 3.8) is 0 Å². The van der Waals surface area contributed by atoms with Crippen LogP contribution in [0, 0.1) is 23.2 Å². The Hall–Kier alpha value is -0.340. The number of hydrogen-bond donors (Lipinski definition) is 3. The van der Waals surface area contributed by atoms with Gasteiger partial charge in [-0.3, -0.25) is 4.79 Å². The molecule has 4 nitrogen and oxygen atoms in total. The molecule has 0 aliphatic heterocycles. The summed E-state index contributed by atoms with van der Waals surface area (Å²) in [4.78, 5) is 12.0. The molecule has 0 spiro atoms. The summed E-state index contributed by atoms with van der Waals surface area (Å²) in [6.45, 7) is 7.82. The third-order valence-corrected chi connectivity index (χ3v) is 11.4. The van der Waals surface area contributed by atoms with Gasteiger partial charge in [-0.25, -0.2) is 0 Å². The van der Waals surface area contributed by atoms with Gasteiger partial charge in [0.25, 0.3) is 0 Å². The molecule has 204 valence electrons. The molecule has 0 aromatic rings. The standard InChI is InChI=1S/C29H47NO3S3/c1-4-35-28(34)36-19-27(33)30-15-6-5-8-20(2)25-12-13-26-22(9-7-14-29(25,26)3)11-10-21-16-23(31)18-24(32)17-21/h10-11,20,23-26,31-32H,4-9,12-19H2,1-3H3,(H,30,33)/b22-11+/t20-,23-,24-,25-,26+,29-/m1/s1. The van der Waals surface area contributed by atoms with Crippen LogP contribution in [0.25, 0.3) is 0 Å². The van der Waals surface area contributed by atoms with Crippen LogP contribution in [0.2, 0.25) is 0 Å². The number of allylic oxidation sites excluding steroid dienone is 3. The number of rotatable bonds is 10. The van der Waals surface area contributed by atoms with Crippen molar-refractivity contribution in [2.75, 3.05) is 18.1 Å². The SMILES string of the molecule is CCSC(=S)SCC(=O)NCCCC[C@@H](C)[C@H]1CC[C@H]2/C(=C/C=C3C[C@@H](O)C[C@H](O)C3)CCC[C@]12C. The lowest BCUT2D eigenvalue weighted by Crippen LogP contribution is -2.36. The average molecular weight is 554 g/mol. The minimum atomic E-state index is -0.401. The number of unbranched alkanes of at least 4 members (excludes halogenated alkanes) is 1. The summed E-state index contributed by atoms with van der Waals surface area (Å²) in [6, 6.07) is 0. The lowest BCUT2D eigenvalue weighted by Gasteiger charge is -2.44. The van der Waals surface area contributed by atoms with Crippen LogP contribution in [0.5, 0.6) is 0 Å². The number of fused-ring (bicyclic) bond motifs is 1. The zero-order chi connectivity index (χ0) is 26.1. The number of thioether (sulfide) groups is 2. The molecule has 0 unspecified atom stereocenters. The molecule has 0 saturated heterocycles. The van der Waals surface area contributed by atoms with Crippen LogP contribution in [-0.4, -0.2) is 49.9 Å². The second-order valence-electron chi connectivity index (χ2n) is 11.4. The van der Waals surface area contributed by atoms with Gasteiger partial charge in [-0.05, 0) is 86.7 Å². The van der Waals surface area contributed by atoms with Gasteiger partial charge in [0.1, 0.15) is 3.53 Å². The largest absolute Gasteiger partial charge is 0.393 e. The molecule has 0 bridgehead atoms. The van der Waals surface area contributed by atoms with E-state index >= 15 is 0 Å². The number of thiocarbonyl (C=S) groups is 1. The van der Waals surface area contributed by atoms with Gasteiger partial charge in [-0.1, -0.05) is 80.9 Å². The van der Waals surface area contributed by atoms with Gasteiger partial charge in [0.15, 0.2) is 0 Å². The van der Waals surface area contributed by atoms with Crippen LogP contribution in [0.4, 0.5) is 0 Å². The average Bonchev–Trinajstić information content (AvgIpc) is 3.18. The summed E-state index contributed by atoms with van der Waals surface area (Å²) < 4.78 is 0.855. The summed E-state index contributed by atoms with van der Waals surface area (Å²) in [6.07, 6.45) is 15.5. The van der Waals surface area contributed by atoms with E-state index in [0.29, 0.717) is 42.3 Å². The Morgan fingerprint density at radius 3 is 2.67 bits per heavy atom. The van der Waals surface area contributed by atoms with Crippen molar-refractivity contribution >= 4 is 45.2 Å². The normalized spacial score (nSPS) is 32.2. The summed E-state index contributed by atoms with van der Waals surface area (Å²) in [5, 5.41) is 23.1. The number of amides is 1. The highest BCUT2D eigenvalue weighted by Crippen LogP contribution is 2.59. The predicted molar refractivity (Wildman–Crippen MR) is 159 cm³/mol. The Bertz CT molecular complexity index is 802. The van der Waals surface area contributed by atoms with Crippen LogP contribution in [0.1, 0.15) is 91.4 Å². The molecule has 0 radical (unpaired) electrons. The Labute approximate surface area is 232 Å². The van der Waals surface area contributed by atoms with E-state index in [0.717, 1.165) is 34.6 Å². The molecule has 3 rings (SSSR count). The molecular formula is C29H47NO3S3. The van der Waals surface area contributed by atoms with E-state index in [1.54, 1.807) is 17.3 Å². The van der Waals surface area contributed by atoms with Crippen molar-refractivity contribution in [2.45, 2.75) is 104 Å².